The molecule has 7 nitrogen and oxygen atoms in total. The van der Waals surface area contributed by atoms with Crippen molar-refractivity contribution in [2.24, 2.45) is 5.73 Å². The molecule has 2 heterocycles. The van der Waals surface area contributed by atoms with Gasteiger partial charge in [-0.3, -0.25) is 14.2 Å². The molecule has 0 aliphatic heterocycles. The van der Waals surface area contributed by atoms with Crippen LogP contribution in [-0.4, -0.2) is 26.5 Å². The Morgan fingerprint density at radius 1 is 1.09 bits per heavy atom. The zero-order valence-electron chi connectivity index (χ0n) is 18.3. The van der Waals surface area contributed by atoms with Crippen LogP contribution >= 0.6 is 0 Å². The van der Waals surface area contributed by atoms with Gasteiger partial charge < -0.3 is 11.1 Å². The van der Waals surface area contributed by atoms with E-state index in [1.54, 1.807) is 13.8 Å². The molecule has 4 aromatic rings. The smallest absolute Gasteiger partial charge is 0.256 e. The van der Waals surface area contributed by atoms with E-state index in [-0.39, 0.29) is 22.7 Å². The van der Waals surface area contributed by atoms with E-state index in [9.17, 15) is 22.8 Å². The fourth-order valence-electron chi connectivity index (χ4n) is 3.73. The molecule has 0 aliphatic rings. The van der Waals surface area contributed by atoms with Gasteiger partial charge in [-0.15, -0.1) is 0 Å². The number of nitrogens with zero attached hydrogens (tertiary/aromatic N) is 3. The Kier molecular flexibility index (Phi) is 6.06. The van der Waals surface area contributed by atoms with Gasteiger partial charge in [0, 0.05) is 17.0 Å². The highest BCUT2D eigenvalue weighted by atomic mass is 19.1. The summed E-state index contributed by atoms with van der Waals surface area (Å²) in [6.07, 6.45) is 0.311. The first-order valence-electron chi connectivity index (χ1n) is 10.4. The summed E-state index contributed by atoms with van der Waals surface area (Å²) >= 11 is 0. The quantitative estimate of drug-likeness (QED) is 0.449. The summed E-state index contributed by atoms with van der Waals surface area (Å²) in [5.41, 5.74) is 5.29. The second-order valence-corrected chi connectivity index (χ2v) is 7.68. The number of primary amides is 1. The number of hydrogen-bond acceptors (Lipinski definition) is 5. The van der Waals surface area contributed by atoms with Gasteiger partial charge in [-0.25, -0.2) is 18.2 Å². The number of benzene rings is 2. The molecule has 34 heavy (non-hydrogen) atoms. The number of aromatic nitrogens is 3. The molecule has 0 spiro atoms. The number of nitrogens with two attached hydrogens (primary N) is 1. The van der Waals surface area contributed by atoms with Crippen molar-refractivity contribution >= 4 is 22.9 Å². The highest BCUT2D eigenvalue weighted by molar-refractivity contribution is 5.93. The molecule has 0 saturated carbocycles. The standard InChI is InChI=1S/C24H20F3N5O2/c1-3-18(22(28)34)29-24-30-20(14-8-7-13(25)11-12(14)2)15-9-10-19(33)32(23(15)31-24)21-16(26)5-4-6-17(21)27/h4-11,18H,3H2,1-2H3,(H2,28,34)(H,29,30,31). The molecule has 1 atom stereocenters. The summed E-state index contributed by atoms with van der Waals surface area (Å²) in [7, 11) is 0. The predicted octanol–water partition coefficient (Wildman–Crippen LogP) is 3.85. The Hall–Kier alpha value is -4.21. The number of halogens is 3. The number of amides is 1. The topological polar surface area (TPSA) is 103 Å². The minimum Gasteiger partial charge on any atom is -0.368 e. The first-order valence-corrected chi connectivity index (χ1v) is 10.4. The second kappa shape index (κ2) is 8.97. The van der Waals surface area contributed by atoms with Crippen molar-refractivity contribution in [1.82, 2.24) is 14.5 Å². The van der Waals surface area contributed by atoms with Gasteiger partial charge >= 0.3 is 0 Å². The first kappa shape index (κ1) is 23.0. The predicted molar refractivity (Wildman–Crippen MR) is 122 cm³/mol. The van der Waals surface area contributed by atoms with E-state index in [0.717, 1.165) is 22.8 Å². The van der Waals surface area contributed by atoms with Crippen LogP contribution < -0.4 is 16.6 Å². The van der Waals surface area contributed by atoms with Crippen LogP contribution in [0.5, 0.6) is 0 Å². The number of para-hydroxylation sites is 1. The average molecular weight is 467 g/mol. The zero-order valence-corrected chi connectivity index (χ0v) is 18.3. The van der Waals surface area contributed by atoms with Crippen molar-refractivity contribution in [3.63, 3.8) is 0 Å². The van der Waals surface area contributed by atoms with Gasteiger partial charge in [0.1, 0.15) is 29.2 Å². The number of fused-ring (bicyclic) bond motifs is 1. The molecular weight excluding hydrogens is 447 g/mol. The van der Waals surface area contributed by atoms with Crippen LogP contribution in [-0.2, 0) is 4.79 Å². The van der Waals surface area contributed by atoms with Gasteiger partial charge in [0.05, 0.1) is 5.69 Å². The van der Waals surface area contributed by atoms with Gasteiger partial charge in [0.15, 0.2) is 5.65 Å². The Bertz CT molecular complexity index is 1470. The molecular formula is C24H20F3N5O2. The number of carbonyl (C=O) groups is 1. The zero-order chi connectivity index (χ0) is 24.6. The molecule has 174 valence electrons. The van der Waals surface area contributed by atoms with Crippen molar-refractivity contribution in [2.75, 3.05) is 5.32 Å². The number of pyridine rings is 1. The lowest BCUT2D eigenvalue weighted by Gasteiger charge is -2.18. The van der Waals surface area contributed by atoms with Crippen molar-refractivity contribution in [3.8, 4) is 16.9 Å². The molecule has 0 saturated heterocycles. The lowest BCUT2D eigenvalue weighted by atomic mass is 10.0. The van der Waals surface area contributed by atoms with E-state index in [1.807, 2.05) is 0 Å². The van der Waals surface area contributed by atoms with E-state index in [0.29, 0.717) is 17.5 Å². The average Bonchev–Trinajstić information content (AvgIpc) is 2.78. The molecule has 0 aliphatic carbocycles. The number of nitrogens with one attached hydrogen (secondary N) is 1. The van der Waals surface area contributed by atoms with Crippen molar-refractivity contribution in [2.45, 2.75) is 26.3 Å². The van der Waals surface area contributed by atoms with Crippen molar-refractivity contribution in [1.29, 1.82) is 0 Å². The molecule has 0 radical (unpaired) electrons. The summed E-state index contributed by atoms with van der Waals surface area (Å²) in [6.45, 7) is 3.39. The van der Waals surface area contributed by atoms with Crippen LogP contribution in [0.3, 0.4) is 0 Å². The van der Waals surface area contributed by atoms with Crippen LogP contribution in [0.25, 0.3) is 28.0 Å². The second-order valence-electron chi connectivity index (χ2n) is 7.68. The van der Waals surface area contributed by atoms with Gasteiger partial charge in [0.25, 0.3) is 5.56 Å². The van der Waals surface area contributed by atoms with E-state index in [2.05, 4.69) is 15.3 Å². The van der Waals surface area contributed by atoms with Gasteiger partial charge in [0.2, 0.25) is 11.9 Å². The Labute approximate surface area is 192 Å². The maximum Gasteiger partial charge on any atom is 0.256 e. The molecule has 4 rings (SSSR count). The maximum absolute atomic E-state index is 14.7. The Morgan fingerprint density at radius 2 is 1.79 bits per heavy atom. The number of anilines is 1. The van der Waals surface area contributed by atoms with E-state index < -0.39 is 40.6 Å². The van der Waals surface area contributed by atoms with Crippen LogP contribution in [0.15, 0.2) is 53.3 Å². The van der Waals surface area contributed by atoms with Crippen LogP contribution in [0.2, 0.25) is 0 Å². The maximum atomic E-state index is 14.7. The SMILES string of the molecule is CCC(Nc1nc(-c2ccc(F)cc2C)c2ccc(=O)n(-c3c(F)cccc3F)c2n1)C(N)=O. The fourth-order valence-corrected chi connectivity index (χ4v) is 3.73. The molecule has 0 fully saturated rings. The minimum absolute atomic E-state index is 0.0898. The molecule has 1 amide bonds. The van der Waals surface area contributed by atoms with Gasteiger partial charge in [-0.05, 0) is 55.3 Å². The van der Waals surface area contributed by atoms with Crippen LogP contribution in [0, 0.1) is 24.4 Å². The van der Waals surface area contributed by atoms with E-state index in [4.69, 9.17) is 5.73 Å². The molecule has 2 aromatic carbocycles. The number of carbonyl (C=O) groups excluding carboxylic acids is 1. The molecule has 2 aromatic heterocycles. The summed E-state index contributed by atoms with van der Waals surface area (Å²) < 4.78 is 43.9. The summed E-state index contributed by atoms with van der Waals surface area (Å²) in [5.74, 6) is -3.14. The lowest BCUT2D eigenvalue weighted by molar-refractivity contribution is -0.118. The normalized spacial score (nSPS) is 12.0. The molecule has 1 unspecified atom stereocenters. The van der Waals surface area contributed by atoms with E-state index in [1.165, 1.54) is 30.3 Å². The van der Waals surface area contributed by atoms with Crippen molar-refractivity contribution in [3.05, 3.63) is 81.9 Å². The lowest BCUT2D eigenvalue weighted by Crippen LogP contribution is -2.35. The number of rotatable bonds is 6. The first-order chi connectivity index (χ1) is 16.2. The minimum atomic E-state index is -0.967. The molecule has 10 heteroatoms. The number of aryl methyl sites for hydroxylation is 1. The third-order valence-electron chi connectivity index (χ3n) is 5.41. The van der Waals surface area contributed by atoms with Gasteiger partial charge in [-0.1, -0.05) is 13.0 Å². The third-order valence-corrected chi connectivity index (χ3v) is 5.41. The molecule has 0 bridgehead atoms. The van der Waals surface area contributed by atoms with Gasteiger partial charge in [-0.2, -0.15) is 4.98 Å². The van der Waals surface area contributed by atoms with Crippen LogP contribution in [0.1, 0.15) is 18.9 Å². The highest BCUT2D eigenvalue weighted by Gasteiger charge is 2.22. The highest BCUT2D eigenvalue weighted by Crippen LogP contribution is 2.31. The Balaban J connectivity index is 2.11. The molecule has 3 N–H and O–H groups in total. The summed E-state index contributed by atoms with van der Waals surface area (Å²) in [6, 6.07) is 9.01. The third kappa shape index (κ3) is 4.09. The van der Waals surface area contributed by atoms with Crippen LogP contribution in [0.4, 0.5) is 19.1 Å². The van der Waals surface area contributed by atoms with E-state index >= 15 is 0 Å². The summed E-state index contributed by atoms with van der Waals surface area (Å²) in [5, 5.41) is 3.10. The number of hydrogen-bond donors (Lipinski definition) is 2. The fraction of sp³-hybridized carbons (Fsp3) is 0.167. The summed E-state index contributed by atoms with van der Waals surface area (Å²) in [4.78, 5) is 33.4. The largest absolute Gasteiger partial charge is 0.368 e. The van der Waals surface area contributed by atoms with Crippen molar-refractivity contribution < 1.29 is 18.0 Å². The monoisotopic (exact) mass is 467 g/mol. The Morgan fingerprint density at radius 3 is 2.41 bits per heavy atom.